The first-order chi connectivity index (χ1) is 27.7. The van der Waals surface area contributed by atoms with Gasteiger partial charge in [0.1, 0.15) is 18.8 Å². The van der Waals surface area contributed by atoms with Crippen LogP contribution < -0.4 is 0 Å². The lowest BCUT2D eigenvalue weighted by atomic mass is 10.1. The van der Waals surface area contributed by atoms with E-state index >= 15 is 0 Å². The highest BCUT2D eigenvalue weighted by molar-refractivity contribution is 8.77. The lowest BCUT2D eigenvalue weighted by molar-refractivity contribution is -0.147. The summed E-state index contributed by atoms with van der Waals surface area (Å²) in [6.07, 6.45) is 12.7. The zero-order valence-corrected chi connectivity index (χ0v) is 36.4. The number of carboxylic acids is 1. The second-order valence-electron chi connectivity index (χ2n) is 12.6. The van der Waals surface area contributed by atoms with Crippen LogP contribution in [-0.2, 0) is 46.3 Å². The summed E-state index contributed by atoms with van der Waals surface area (Å²) in [7, 11) is -1.41. The zero-order chi connectivity index (χ0) is 42.2. The van der Waals surface area contributed by atoms with Crippen LogP contribution in [-0.4, -0.2) is 114 Å². The van der Waals surface area contributed by atoms with Gasteiger partial charge in [-0.25, -0.2) is 18.7 Å². The quantitative estimate of drug-likeness (QED) is 0.0322. The van der Waals surface area contributed by atoms with Crippen LogP contribution in [0, 0.1) is 0 Å². The smallest absolute Gasteiger partial charge is 0.481 e. The molecule has 6 atom stereocenters. The number of ether oxygens (including phenoxy) is 2. The maximum Gasteiger partial charge on any atom is 0.529 e. The van der Waals surface area contributed by atoms with Gasteiger partial charge in [-0.1, -0.05) is 56.0 Å². The SMILES string of the molecule is O=C(CCCC[C@@H]1CCSS1)OC[C@@H](O)COP(=O)(O)OC(=O)c1cccnc1.O=C(O)CCCC[C@@H]1CCSS1.O=C(OP(=O)(O)OC[C@H]1CO1)c1cccnc1. The van der Waals surface area contributed by atoms with Crippen LogP contribution in [0.1, 0.15) is 84.9 Å². The van der Waals surface area contributed by atoms with Crippen LogP contribution in [0.25, 0.3) is 0 Å². The number of epoxide rings is 1. The van der Waals surface area contributed by atoms with Crippen LogP contribution in [0.2, 0.25) is 0 Å². The molecule has 3 aliphatic heterocycles. The normalized spacial score (nSPS) is 20.7. The minimum Gasteiger partial charge on any atom is -0.481 e. The molecule has 0 radical (unpaired) electrons. The molecule has 324 valence electrons. The first-order valence-corrected chi connectivity index (χ1v) is 25.9. The first-order valence-electron chi connectivity index (χ1n) is 18.2. The number of carbonyl (C=O) groups is 4. The molecule has 3 fully saturated rings. The molecule has 0 spiro atoms. The highest BCUT2D eigenvalue weighted by atomic mass is 33.1. The summed E-state index contributed by atoms with van der Waals surface area (Å²) in [5, 5.41) is 19.6. The van der Waals surface area contributed by atoms with Crippen LogP contribution in [0.15, 0.2) is 49.1 Å². The number of carboxylic acid groups (broad SMARTS) is 1. The maximum atomic E-state index is 11.8. The van der Waals surface area contributed by atoms with Gasteiger partial charge in [-0.2, -0.15) is 0 Å². The summed E-state index contributed by atoms with van der Waals surface area (Å²) in [5.41, 5.74) is 0.0539. The number of carbonyl (C=O) groups excluding carboxylic acids is 3. The first kappa shape index (κ1) is 50.2. The molecule has 2 unspecified atom stereocenters. The number of phosphoric acid groups is 2. The van der Waals surface area contributed by atoms with Crippen molar-refractivity contribution in [3.63, 3.8) is 0 Å². The Morgan fingerprint density at radius 3 is 1.76 bits per heavy atom. The van der Waals surface area contributed by atoms with Gasteiger partial charge < -0.3 is 28.7 Å². The lowest BCUT2D eigenvalue weighted by Gasteiger charge is -2.15. The summed E-state index contributed by atoms with van der Waals surface area (Å²) in [5.74, 6) is -0.703. The molecule has 5 heterocycles. The predicted molar refractivity (Wildman–Crippen MR) is 219 cm³/mol. The van der Waals surface area contributed by atoms with Crippen LogP contribution >= 0.6 is 58.8 Å². The van der Waals surface area contributed by atoms with Crippen molar-refractivity contribution in [2.24, 2.45) is 0 Å². The number of pyridine rings is 2. The van der Waals surface area contributed by atoms with E-state index in [-0.39, 0.29) is 36.9 Å². The van der Waals surface area contributed by atoms with Crippen molar-refractivity contribution >= 4 is 82.7 Å². The van der Waals surface area contributed by atoms with Crippen molar-refractivity contribution in [1.82, 2.24) is 9.97 Å². The second kappa shape index (κ2) is 27.6. The van der Waals surface area contributed by atoms with E-state index in [0.717, 1.165) is 30.9 Å². The Labute approximate surface area is 352 Å². The third-order valence-corrected chi connectivity index (χ3v) is 15.4. The molecule has 0 aliphatic carbocycles. The Bertz CT molecular complexity index is 1640. The number of aliphatic hydroxyl groups is 1. The van der Waals surface area contributed by atoms with E-state index in [0.29, 0.717) is 24.7 Å². The number of esters is 1. The Morgan fingerprint density at radius 2 is 1.31 bits per heavy atom. The molecule has 4 N–H and O–H groups in total. The van der Waals surface area contributed by atoms with E-state index in [1.54, 1.807) is 0 Å². The van der Waals surface area contributed by atoms with E-state index in [4.69, 9.17) is 14.6 Å². The van der Waals surface area contributed by atoms with E-state index in [1.165, 1.54) is 79.8 Å². The highest BCUT2D eigenvalue weighted by Gasteiger charge is 2.32. The Morgan fingerprint density at radius 1 is 0.793 bits per heavy atom. The molecule has 0 bridgehead atoms. The van der Waals surface area contributed by atoms with Gasteiger partial charge in [-0.3, -0.25) is 38.4 Å². The molecule has 0 amide bonds. The van der Waals surface area contributed by atoms with Crippen molar-refractivity contribution in [2.45, 2.75) is 86.9 Å². The topological polar surface area (TPSA) is 268 Å². The molecule has 2 aromatic rings. The van der Waals surface area contributed by atoms with Gasteiger partial charge in [-0.05, 0) is 62.8 Å². The van der Waals surface area contributed by atoms with Crippen molar-refractivity contribution in [3.05, 3.63) is 60.2 Å². The minimum atomic E-state index is -4.73. The number of hydrogen-bond acceptors (Lipinski definition) is 19. The lowest BCUT2D eigenvalue weighted by Crippen LogP contribution is -2.23. The molecule has 24 heteroatoms. The van der Waals surface area contributed by atoms with E-state index in [9.17, 15) is 43.2 Å². The third kappa shape index (κ3) is 23.6. The summed E-state index contributed by atoms with van der Waals surface area (Å²) in [6.45, 7) is -0.618. The van der Waals surface area contributed by atoms with E-state index < -0.39 is 52.2 Å². The molecule has 3 saturated heterocycles. The molecule has 2 aromatic heterocycles. The number of aliphatic hydroxyl groups excluding tert-OH is 1. The Kier molecular flexibility index (Phi) is 23.9. The molecule has 0 aromatic carbocycles. The predicted octanol–water partition coefficient (Wildman–Crippen LogP) is 6.51. The molecule has 58 heavy (non-hydrogen) atoms. The Balaban J connectivity index is 0.000000260. The summed E-state index contributed by atoms with van der Waals surface area (Å²) >= 11 is 0. The fourth-order valence-corrected chi connectivity index (χ4v) is 12.1. The van der Waals surface area contributed by atoms with Gasteiger partial charge in [0.2, 0.25) is 0 Å². The average Bonchev–Trinajstić information content (AvgIpc) is 3.61. The van der Waals surface area contributed by atoms with Crippen LogP contribution in [0.5, 0.6) is 0 Å². The van der Waals surface area contributed by atoms with E-state index in [1.807, 2.05) is 43.2 Å². The number of aliphatic carboxylic acids is 1. The van der Waals surface area contributed by atoms with Crippen LogP contribution in [0.3, 0.4) is 0 Å². The number of phosphoric ester groups is 2. The van der Waals surface area contributed by atoms with Crippen LogP contribution in [0.4, 0.5) is 0 Å². The van der Waals surface area contributed by atoms with E-state index in [2.05, 4.69) is 28.1 Å². The van der Waals surface area contributed by atoms with Gasteiger partial charge in [0.25, 0.3) is 0 Å². The molecular weight excluding hydrogens is 883 g/mol. The zero-order valence-electron chi connectivity index (χ0n) is 31.4. The monoisotopic (exact) mass is 930 g/mol. The van der Waals surface area contributed by atoms with Gasteiger partial charge in [0.05, 0.1) is 30.9 Å². The van der Waals surface area contributed by atoms with Gasteiger partial charge in [0.15, 0.2) is 0 Å². The molecular formula is C34H48N2O16P2S4. The van der Waals surface area contributed by atoms with Crippen molar-refractivity contribution in [2.75, 3.05) is 37.9 Å². The highest BCUT2D eigenvalue weighted by Crippen LogP contribution is 2.45. The second-order valence-corrected chi connectivity index (χ2v) is 20.9. The fourth-order valence-electron chi connectivity index (χ4n) is 4.58. The largest absolute Gasteiger partial charge is 0.529 e. The van der Waals surface area contributed by atoms with Crippen molar-refractivity contribution in [1.29, 1.82) is 0 Å². The maximum absolute atomic E-state index is 11.8. The fraction of sp³-hybridized carbons (Fsp3) is 0.588. The molecule has 5 rings (SSSR count). The minimum absolute atomic E-state index is 0.0230. The summed E-state index contributed by atoms with van der Waals surface area (Å²) < 4.78 is 50.7. The number of aromatic nitrogens is 2. The summed E-state index contributed by atoms with van der Waals surface area (Å²) in [4.78, 5) is 71.2. The molecule has 3 aliphatic rings. The molecule has 18 nitrogen and oxygen atoms in total. The standard InChI is InChI=1S/C17H24NO8PS2.C9H10NO6P.C8H14O2S2/c19-14(11-24-16(20)6-2-1-5-15-7-9-28-29-15)12-25-27(22,23)26-17(21)13-4-3-8-18-10-13;11-9(7-2-1-3-10-4-7)16-17(12,13)15-6-8-5-14-8;9-8(10)4-2-1-3-7-5-6-11-12-7/h3-4,8,10,14-15,19H,1-2,5-7,9,11-12H2,(H,22,23);1-4,8H,5-6H2,(H,12,13);7H,1-6H2,(H,9,10)/t14-,15-;8-;7-/m111/s1. The Hall–Kier alpha value is -2.20. The van der Waals surface area contributed by atoms with Gasteiger partial charge in [0, 0.05) is 59.6 Å². The van der Waals surface area contributed by atoms with Gasteiger partial charge in [-0.15, -0.1) is 0 Å². The third-order valence-electron chi connectivity index (χ3n) is 7.66. The average molecular weight is 931 g/mol. The summed E-state index contributed by atoms with van der Waals surface area (Å²) in [6, 6.07) is 5.75. The van der Waals surface area contributed by atoms with Crippen molar-refractivity contribution < 1.29 is 75.9 Å². The molecule has 0 saturated carbocycles. The van der Waals surface area contributed by atoms with Crippen molar-refractivity contribution in [3.8, 4) is 0 Å². The van der Waals surface area contributed by atoms with Gasteiger partial charge >= 0.3 is 39.5 Å². The number of unbranched alkanes of at least 4 members (excludes halogenated alkanes) is 2. The number of hydrogen-bond donors (Lipinski definition) is 4. The number of nitrogens with zero attached hydrogens (tertiary/aromatic N) is 2. The number of rotatable bonds is 22.